The van der Waals surface area contributed by atoms with Crippen LogP contribution in [0, 0.1) is 45.4 Å². The Morgan fingerprint density at radius 2 is 1.38 bits per heavy atom. The van der Waals surface area contributed by atoms with Gasteiger partial charge in [-0.2, -0.15) is 0 Å². The van der Waals surface area contributed by atoms with Crippen LogP contribution in [0.25, 0.3) is 0 Å². The Kier molecular flexibility index (Phi) is 11.2. The second kappa shape index (κ2) is 13.4. The summed E-state index contributed by atoms with van der Waals surface area (Å²) in [6.45, 7) is 24.0. The smallest absolute Gasteiger partial charge is 0.127 e. The molecule has 1 heterocycles. The van der Waals surface area contributed by atoms with Gasteiger partial charge in [0.2, 0.25) is 0 Å². The molecule has 3 atom stereocenters. The van der Waals surface area contributed by atoms with Gasteiger partial charge in [-0.25, -0.2) is 0 Å². The standard InChI is InChI=1S/C33H52O/c1-10-29(19-15-20-30(11-2)18-14-16-24(3)4)17-12-13-22-33(9)23-21-31-27(7)25(5)26(6)28(8)32(31)34-33/h10-11,13,22,24,29-30H,1-2,12,14-21,23H2,3-9H3/t29?,30?,33-/m1/s1. The third kappa shape index (κ3) is 7.89. The SMILES string of the molecule is C=CC(CCC=C[C@]1(C)CCc2c(C)c(C)c(C)c(C)c2O1)CCCC(C=C)CCCC(C)C. The van der Waals surface area contributed by atoms with Crippen molar-refractivity contribution in [1.82, 2.24) is 0 Å². The molecular weight excluding hydrogens is 412 g/mol. The van der Waals surface area contributed by atoms with Crippen LogP contribution >= 0.6 is 0 Å². The number of fused-ring (bicyclic) bond motifs is 1. The lowest BCUT2D eigenvalue weighted by molar-refractivity contribution is 0.112. The largest absolute Gasteiger partial charge is 0.483 e. The summed E-state index contributed by atoms with van der Waals surface area (Å²) >= 11 is 0. The van der Waals surface area contributed by atoms with Gasteiger partial charge in [-0.05, 0) is 131 Å². The molecule has 1 nitrogen and oxygen atoms in total. The van der Waals surface area contributed by atoms with Crippen molar-refractivity contribution < 1.29 is 4.74 Å². The van der Waals surface area contributed by atoms with Gasteiger partial charge < -0.3 is 4.74 Å². The second-order valence-corrected chi connectivity index (χ2v) is 11.4. The lowest BCUT2D eigenvalue weighted by Gasteiger charge is -2.36. The fourth-order valence-electron chi connectivity index (χ4n) is 5.40. The molecule has 0 fully saturated rings. The predicted octanol–water partition coefficient (Wildman–Crippen LogP) is 9.94. The van der Waals surface area contributed by atoms with Crippen LogP contribution in [-0.2, 0) is 6.42 Å². The topological polar surface area (TPSA) is 9.23 Å². The van der Waals surface area contributed by atoms with E-state index in [1.807, 2.05) is 0 Å². The summed E-state index contributed by atoms with van der Waals surface area (Å²) in [7, 11) is 0. The summed E-state index contributed by atoms with van der Waals surface area (Å²) in [6, 6.07) is 0. The molecule has 1 heteroatoms. The van der Waals surface area contributed by atoms with Crippen LogP contribution in [0.2, 0.25) is 0 Å². The molecule has 0 bridgehead atoms. The zero-order chi connectivity index (χ0) is 25.3. The average molecular weight is 465 g/mol. The molecule has 190 valence electrons. The number of hydrogen-bond donors (Lipinski definition) is 0. The number of ether oxygens (including phenoxy) is 1. The zero-order valence-electron chi connectivity index (χ0n) is 23.4. The minimum Gasteiger partial charge on any atom is -0.483 e. The summed E-state index contributed by atoms with van der Waals surface area (Å²) in [5.41, 5.74) is 6.73. The first-order valence-electron chi connectivity index (χ1n) is 13.8. The van der Waals surface area contributed by atoms with E-state index in [1.54, 1.807) is 0 Å². The van der Waals surface area contributed by atoms with Gasteiger partial charge >= 0.3 is 0 Å². The van der Waals surface area contributed by atoms with Crippen molar-refractivity contribution in [2.75, 3.05) is 0 Å². The third-order valence-corrected chi connectivity index (χ3v) is 8.31. The van der Waals surface area contributed by atoms with E-state index in [1.165, 1.54) is 72.8 Å². The normalized spacial score (nSPS) is 19.6. The fourth-order valence-corrected chi connectivity index (χ4v) is 5.40. The van der Waals surface area contributed by atoms with Gasteiger partial charge in [-0.1, -0.05) is 51.3 Å². The molecular formula is C33H52O. The van der Waals surface area contributed by atoms with Crippen LogP contribution in [0.3, 0.4) is 0 Å². The minimum atomic E-state index is -0.206. The molecule has 1 aliphatic heterocycles. The van der Waals surface area contributed by atoms with E-state index in [0.717, 1.165) is 30.9 Å². The molecule has 0 saturated carbocycles. The molecule has 0 radical (unpaired) electrons. The Morgan fingerprint density at radius 1 is 0.824 bits per heavy atom. The van der Waals surface area contributed by atoms with Crippen LogP contribution in [0.4, 0.5) is 0 Å². The first-order chi connectivity index (χ1) is 16.1. The highest BCUT2D eigenvalue weighted by molar-refractivity contribution is 5.55. The molecule has 1 aromatic rings. The highest BCUT2D eigenvalue weighted by atomic mass is 16.5. The number of allylic oxidation sites excluding steroid dienone is 3. The van der Waals surface area contributed by atoms with E-state index in [0.29, 0.717) is 11.8 Å². The molecule has 0 spiro atoms. The Labute approximate surface area is 211 Å². The molecule has 0 saturated heterocycles. The molecule has 1 aromatic carbocycles. The predicted molar refractivity (Wildman–Crippen MR) is 151 cm³/mol. The Hall–Kier alpha value is -1.76. The maximum absolute atomic E-state index is 6.63. The van der Waals surface area contributed by atoms with Gasteiger partial charge in [0.15, 0.2) is 0 Å². The molecule has 34 heavy (non-hydrogen) atoms. The Balaban J connectivity index is 1.83. The van der Waals surface area contributed by atoms with Crippen LogP contribution < -0.4 is 4.74 Å². The quantitative estimate of drug-likeness (QED) is 0.249. The van der Waals surface area contributed by atoms with Gasteiger partial charge in [-0.15, -0.1) is 13.2 Å². The number of hydrogen-bond acceptors (Lipinski definition) is 1. The molecule has 0 aliphatic carbocycles. The van der Waals surface area contributed by atoms with Crippen molar-refractivity contribution in [3.63, 3.8) is 0 Å². The first-order valence-corrected chi connectivity index (χ1v) is 13.8. The van der Waals surface area contributed by atoms with Gasteiger partial charge in [0.1, 0.15) is 11.4 Å². The van der Waals surface area contributed by atoms with E-state index in [4.69, 9.17) is 4.74 Å². The van der Waals surface area contributed by atoms with Crippen LogP contribution in [0.1, 0.15) is 106 Å². The molecule has 0 amide bonds. The minimum absolute atomic E-state index is 0.206. The zero-order valence-corrected chi connectivity index (χ0v) is 23.4. The van der Waals surface area contributed by atoms with E-state index in [9.17, 15) is 0 Å². The van der Waals surface area contributed by atoms with E-state index < -0.39 is 0 Å². The fraction of sp³-hybridized carbons (Fsp3) is 0.636. The second-order valence-electron chi connectivity index (χ2n) is 11.4. The molecule has 0 N–H and O–H groups in total. The molecule has 2 rings (SSSR count). The van der Waals surface area contributed by atoms with Crippen LogP contribution in [0.5, 0.6) is 5.75 Å². The van der Waals surface area contributed by atoms with Crippen molar-refractivity contribution in [2.45, 2.75) is 118 Å². The van der Waals surface area contributed by atoms with Gasteiger partial charge in [0.25, 0.3) is 0 Å². The molecule has 2 unspecified atom stereocenters. The summed E-state index contributed by atoms with van der Waals surface area (Å²) in [6.07, 6.45) is 21.2. The molecule has 0 aromatic heterocycles. The van der Waals surface area contributed by atoms with E-state index >= 15 is 0 Å². The van der Waals surface area contributed by atoms with Crippen molar-refractivity contribution in [3.05, 3.63) is 65.3 Å². The summed E-state index contributed by atoms with van der Waals surface area (Å²) in [4.78, 5) is 0. The monoisotopic (exact) mass is 464 g/mol. The van der Waals surface area contributed by atoms with Crippen molar-refractivity contribution in [3.8, 4) is 5.75 Å². The van der Waals surface area contributed by atoms with Gasteiger partial charge in [0.05, 0.1) is 0 Å². The van der Waals surface area contributed by atoms with Gasteiger partial charge in [-0.3, -0.25) is 0 Å². The first kappa shape index (κ1) is 28.5. The average Bonchev–Trinajstić information content (AvgIpc) is 2.81. The highest BCUT2D eigenvalue weighted by Gasteiger charge is 2.31. The van der Waals surface area contributed by atoms with E-state index in [-0.39, 0.29) is 5.60 Å². The van der Waals surface area contributed by atoms with Crippen LogP contribution in [-0.4, -0.2) is 5.60 Å². The van der Waals surface area contributed by atoms with Crippen molar-refractivity contribution >= 4 is 0 Å². The maximum atomic E-state index is 6.63. The summed E-state index contributed by atoms with van der Waals surface area (Å²) in [5.74, 6) is 3.21. The van der Waals surface area contributed by atoms with Crippen molar-refractivity contribution in [2.24, 2.45) is 17.8 Å². The summed E-state index contributed by atoms with van der Waals surface area (Å²) < 4.78 is 6.63. The van der Waals surface area contributed by atoms with Crippen LogP contribution in [0.15, 0.2) is 37.5 Å². The maximum Gasteiger partial charge on any atom is 0.127 e. The summed E-state index contributed by atoms with van der Waals surface area (Å²) in [5, 5.41) is 0. The third-order valence-electron chi connectivity index (χ3n) is 8.31. The number of benzene rings is 1. The Morgan fingerprint density at radius 3 is 1.97 bits per heavy atom. The lowest BCUT2D eigenvalue weighted by Crippen LogP contribution is -2.35. The highest BCUT2D eigenvalue weighted by Crippen LogP contribution is 2.41. The Bertz CT molecular complexity index is 843. The lowest BCUT2D eigenvalue weighted by atomic mass is 9.85. The van der Waals surface area contributed by atoms with Crippen molar-refractivity contribution in [1.29, 1.82) is 0 Å². The van der Waals surface area contributed by atoms with E-state index in [2.05, 4.69) is 85.9 Å². The molecule has 1 aliphatic rings. The van der Waals surface area contributed by atoms with Gasteiger partial charge in [0, 0.05) is 0 Å². The number of rotatable bonds is 14.